The minimum atomic E-state index is -0.585. The van der Waals surface area contributed by atoms with Crippen LogP contribution >= 0.6 is 0 Å². The van der Waals surface area contributed by atoms with Crippen molar-refractivity contribution in [2.75, 3.05) is 6.54 Å². The Kier molecular flexibility index (Phi) is 3.64. The largest absolute Gasteiger partial charge is 0.320 e. The Labute approximate surface area is 89.7 Å². The molecule has 0 aromatic heterocycles. The predicted octanol–water partition coefficient (Wildman–Crippen LogP) is 0.570. The Morgan fingerprint density at radius 1 is 1.87 bits per heavy atom. The number of nitrogens with zero attached hydrogens (tertiary/aromatic N) is 2. The second-order valence-corrected chi connectivity index (χ2v) is 3.76. The zero-order valence-corrected chi connectivity index (χ0v) is 8.81. The fourth-order valence-corrected chi connectivity index (χ4v) is 1.54. The van der Waals surface area contributed by atoms with Gasteiger partial charge in [0.1, 0.15) is 6.04 Å². The fourth-order valence-electron chi connectivity index (χ4n) is 1.54. The van der Waals surface area contributed by atoms with E-state index in [1.165, 1.54) is 4.90 Å². The molecule has 0 aromatic rings. The molecule has 0 bridgehead atoms. The maximum absolute atomic E-state index is 11.8. The summed E-state index contributed by atoms with van der Waals surface area (Å²) in [6.07, 6.45) is 3.98. The Balaban J connectivity index is 2.61. The molecule has 2 atom stereocenters. The molecule has 2 N–H and O–H groups in total. The van der Waals surface area contributed by atoms with Gasteiger partial charge in [0.05, 0.1) is 12.1 Å². The van der Waals surface area contributed by atoms with Gasteiger partial charge in [-0.15, -0.1) is 6.58 Å². The third-order valence-electron chi connectivity index (χ3n) is 2.26. The van der Waals surface area contributed by atoms with Gasteiger partial charge in [0.2, 0.25) is 5.91 Å². The highest BCUT2D eigenvalue weighted by molar-refractivity contribution is 5.83. The zero-order chi connectivity index (χ0) is 11.4. The van der Waals surface area contributed by atoms with Crippen LogP contribution in [0.3, 0.4) is 0 Å². The monoisotopic (exact) mass is 205 g/mol. The molecule has 0 saturated heterocycles. The first-order chi connectivity index (χ1) is 7.06. The Hall–Kier alpha value is -1.60. The third-order valence-corrected chi connectivity index (χ3v) is 2.26. The molecule has 1 rings (SSSR count). The average molecular weight is 205 g/mol. The molecular formula is C11H15N3O. The Morgan fingerprint density at radius 2 is 2.53 bits per heavy atom. The molecule has 0 fully saturated rings. The van der Waals surface area contributed by atoms with Crippen molar-refractivity contribution in [3.05, 3.63) is 24.3 Å². The summed E-state index contributed by atoms with van der Waals surface area (Å²) in [6.45, 7) is 6.02. The number of carbonyl (C=O) groups excluding carboxylic acids is 1. The lowest BCUT2D eigenvalue weighted by Crippen LogP contribution is -2.46. The van der Waals surface area contributed by atoms with E-state index in [9.17, 15) is 4.79 Å². The van der Waals surface area contributed by atoms with Crippen molar-refractivity contribution in [2.45, 2.75) is 25.4 Å². The van der Waals surface area contributed by atoms with Crippen LogP contribution in [0.4, 0.5) is 0 Å². The van der Waals surface area contributed by atoms with E-state index in [2.05, 4.69) is 6.58 Å². The molecule has 0 aliphatic carbocycles. The van der Waals surface area contributed by atoms with Gasteiger partial charge in [-0.05, 0) is 19.4 Å². The van der Waals surface area contributed by atoms with Crippen LogP contribution in [0.25, 0.3) is 0 Å². The van der Waals surface area contributed by atoms with Crippen molar-refractivity contribution < 1.29 is 4.79 Å². The van der Waals surface area contributed by atoms with E-state index in [1.807, 2.05) is 13.0 Å². The van der Waals surface area contributed by atoms with Crippen molar-refractivity contribution in [1.82, 2.24) is 4.90 Å². The lowest BCUT2D eigenvalue weighted by molar-refractivity contribution is -0.132. The van der Waals surface area contributed by atoms with Gasteiger partial charge in [0.25, 0.3) is 0 Å². The van der Waals surface area contributed by atoms with E-state index in [4.69, 9.17) is 11.0 Å². The minimum absolute atomic E-state index is 0.186. The number of hydrogen-bond acceptors (Lipinski definition) is 3. The molecular weight excluding hydrogens is 190 g/mol. The number of rotatable bonds is 3. The highest BCUT2D eigenvalue weighted by Gasteiger charge is 2.28. The van der Waals surface area contributed by atoms with Gasteiger partial charge in [0, 0.05) is 6.54 Å². The first-order valence-electron chi connectivity index (χ1n) is 4.83. The summed E-state index contributed by atoms with van der Waals surface area (Å²) < 4.78 is 0. The number of hydrogen-bond donors (Lipinski definition) is 1. The van der Waals surface area contributed by atoms with Gasteiger partial charge in [-0.3, -0.25) is 4.79 Å². The van der Waals surface area contributed by atoms with Crippen molar-refractivity contribution >= 4 is 5.91 Å². The summed E-state index contributed by atoms with van der Waals surface area (Å²) >= 11 is 0. The van der Waals surface area contributed by atoms with E-state index in [0.29, 0.717) is 13.0 Å². The van der Waals surface area contributed by atoms with Crippen molar-refractivity contribution in [2.24, 2.45) is 5.73 Å². The summed E-state index contributed by atoms with van der Waals surface area (Å²) in [5.41, 5.74) is 6.60. The molecule has 1 amide bonds. The summed E-state index contributed by atoms with van der Waals surface area (Å²) in [5, 5.41) is 8.80. The SMILES string of the molecule is C=C(C)C[C@H](N)C(=O)N1CC=C[C@H]1C#N. The topological polar surface area (TPSA) is 70.1 Å². The van der Waals surface area contributed by atoms with Gasteiger partial charge >= 0.3 is 0 Å². The first kappa shape index (κ1) is 11.5. The molecule has 0 radical (unpaired) electrons. The average Bonchev–Trinajstić information content (AvgIpc) is 2.62. The van der Waals surface area contributed by atoms with Crippen LogP contribution in [0.5, 0.6) is 0 Å². The maximum atomic E-state index is 11.8. The minimum Gasteiger partial charge on any atom is -0.320 e. The third kappa shape index (κ3) is 2.67. The van der Waals surface area contributed by atoms with Crippen LogP contribution in [0.2, 0.25) is 0 Å². The fraction of sp³-hybridized carbons (Fsp3) is 0.455. The predicted molar refractivity (Wildman–Crippen MR) is 57.7 cm³/mol. The van der Waals surface area contributed by atoms with E-state index in [-0.39, 0.29) is 5.91 Å². The molecule has 80 valence electrons. The van der Waals surface area contributed by atoms with Crippen LogP contribution in [0, 0.1) is 11.3 Å². The van der Waals surface area contributed by atoms with Gasteiger partial charge in [-0.2, -0.15) is 5.26 Å². The summed E-state index contributed by atoms with van der Waals surface area (Å²) in [6, 6.07) is 0.994. The molecule has 0 spiro atoms. The smallest absolute Gasteiger partial charge is 0.241 e. The van der Waals surface area contributed by atoms with Crippen LogP contribution < -0.4 is 5.73 Å². The summed E-state index contributed by atoms with van der Waals surface area (Å²) in [5.74, 6) is -0.186. The van der Waals surface area contributed by atoms with E-state index in [0.717, 1.165) is 5.57 Å². The first-order valence-corrected chi connectivity index (χ1v) is 4.83. The quantitative estimate of drug-likeness (QED) is 0.685. The molecule has 4 nitrogen and oxygen atoms in total. The van der Waals surface area contributed by atoms with E-state index in [1.54, 1.807) is 12.2 Å². The van der Waals surface area contributed by atoms with Crippen molar-refractivity contribution in [1.29, 1.82) is 5.26 Å². The lowest BCUT2D eigenvalue weighted by Gasteiger charge is -2.23. The molecule has 1 aliphatic rings. The Bertz CT molecular complexity index is 340. The zero-order valence-electron chi connectivity index (χ0n) is 8.81. The molecule has 15 heavy (non-hydrogen) atoms. The Morgan fingerprint density at radius 3 is 3.07 bits per heavy atom. The maximum Gasteiger partial charge on any atom is 0.241 e. The highest BCUT2D eigenvalue weighted by Crippen LogP contribution is 2.12. The second kappa shape index (κ2) is 4.76. The normalized spacial score (nSPS) is 21.1. The number of nitriles is 1. The molecule has 1 aliphatic heterocycles. The summed E-state index contributed by atoms with van der Waals surface area (Å²) in [4.78, 5) is 13.3. The molecule has 4 heteroatoms. The van der Waals surface area contributed by atoms with Gasteiger partial charge in [-0.1, -0.05) is 11.6 Å². The molecule has 1 heterocycles. The number of nitrogens with two attached hydrogens (primary N) is 1. The van der Waals surface area contributed by atoms with Gasteiger partial charge in [0.15, 0.2) is 0 Å². The van der Waals surface area contributed by atoms with Crippen LogP contribution in [-0.4, -0.2) is 29.4 Å². The number of carbonyl (C=O) groups is 1. The standard InChI is InChI=1S/C11H15N3O/c1-8(2)6-10(13)11(15)14-5-3-4-9(14)7-12/h3-4,9-10H,1,5-6,13H2,2H3/t9-,10-/m0/s1. The van der Waals surface area contributed by atoms with Crippen molar-refractivity contribution in [3.8, 4) is 6.07 Å². The van der Waals surface area contributed by atoms with Crippen LogP contribution in [0.1, 0.15) is 13.3 Å². The van der Waals surface area contributed by atoms with Crippen LogP contribution in [0.15, 0.2) is 24.3 Å². The number of amides is 1. The van der Waals surface area contributed by atoms with Crippen molar-refractivity contribution in [3.63, 3.8) is 0 Å². The van der Waals surface area contributed by atoms with Gasteiger partial charge in [-0.25, -0.2) is 0 Å². The van der Waals surface area contributed by atoms with E-state index >= 15 is 0 Å². The second-order valence-electron chi connectivity index (χ2n) is 3.76. The van der Waals surface area contributed by atoms with E-state index < -0.39 is 12.1 Å². The molecule has 0 aromatic carbocycles. The highest BCUT2D eigenvalue weighted by atomic mass is 16.2. The lowest BCUT2D eigenvalue weighted by atomic mass is 10.1. The van der Waals surface area contributed by atoms with Crippen LogP contribution in [-0.2, 0) is 4.79 Å². The van der Waals surface area contributed by atoms with Gasteiger partial charge < -0.3 is 10.6 Å². The molecule has 0 unspecified atom stereocenters. The summed E-state index contributed by atoms with van der Waals surface area (Å²) in [7, 11) is 0. The molecule has 0 saturated carbocycles.